The molecule has 0 spiro atoms. The van der Waals surface area contributed by atoms with E-state index in [1.807, 2.05) is 12.1 Å². The van der Waals surface area contributed by atoms with Gasteiger partial charge in [0.2, 0.25) is 0 Å². The van der Waals surface area contributed by atoms with Gasteiger partial charge in [-0.3, -0.25) is 0 Å². The molecule has 0 bridgehead atoms. The Hall–Kier alpha value is -2.02. The Kier molecular flexibility index (Phi) is 3.29. The third-order valence-corrected chi connectivity index (χ3v) is 2.89. The quantitative estimate of drug-likeness (QED) is 0.752. The summed E-state index contributed by atoms with van der Waals surface area (Å²) in [6.45, 7) is 7.56. The third-order valence-electron chi connectivity index (χ3n) is 2.89. The first kappa shape index (κ1) is 11.5. The average molecular weight is 222 g/mol. The van der Waals surface area contributed by atoms with Crippen LogP contribution >= 0.6 is 0 Å². The first-order valence-corrected chi connectivity index (χ1v) is 5.66. The van der Waals surface area contributed by atoms with Crippen molar-refractivity contribution in [1.29, 1.82) is 0 Å². The lowest BCUT2D eigenvalue weighted by Crippen LogP contribution is -2.08. The molecule has 0 saturated carbocycles. The summed E-state index contributed by atoms with van der Waals surface area (Å²) in [5.74, 6) is 0. The monoisotopic (exact) mass is 222 g/mol. The van der Waals surface area contributed by atoms with Crippen LogP contribution in [0.25, 0.3) is 6.08 Å². The standard InChI is InChI=1S/C16H16N/c1-4-14-7-11-16(12-8-14)17(3)15-9-5-13(2)6-10-15/h1,4-12H,2-3H3. The summed E-state index contributed by atoms with van der Waals surface area (Å²) in [7, 11) is 2.06. The van der Waals surface area contributed by atoms with E-state index in [1.54, 1.807) is 6.08 Å². The molecule has 0 unspecified atom stereocenters. The first-order chi connectivity index (χ1) is 8.20. The van der Waals surface area contributed by atoms with E-state index in [1.165, 1.54) is 11.3 Å². The van der Waals surface area contributed by atoms with E-state index in [2.05, 4.69) is 55.3 Å². The van der Waals surface area contributed by atoms with Crippen molar-refractivity contribution in [2.45, 2.75) is 6.92 Å². The topological polar surface area (TPSA) is 3.24 Å². The molecule has 2 aromatic carbocycles. The summed E-state index contributed by atoms with van der Waals surface area (Å²) in [5.41, 5.74) is 4.64. The molecule has 1 heteroatoms. The zero-order valence-corrected chi connectivity index (χ0v) is 10.2. The summed E-state index contributed by atoms with van der Waals surface area (Å²) in [6, 6.07) is 16.6. The molecule has 85 valence electrons. The zero-order chi connectivity index (χ0) is 12.3. The molecule has 0 aliphatic carbocycles. The highest BCUT2D eigenvalue weighted by Crippen LogP contribution is 2.24. The Balaban J connectivity index is 2.26. The second-order valence-corrected chi connectivity index (χ2v) is 4.15. The highest BCUT2D eigenvalue weighted by atomic mass is 15.1. The molecule has 1 nitrogen and oxygen atoms in total. The van der Waals surface area contributed by atoms with Crippen LogP contribution < -0.4 is 4.90 Å². The number of aryl methyl sites for hydroxylation is 1. The Morgan fingerprint density at radius 2 is 1.35 bits per heavy atom. The minimum atomic E-state index is 1.03. The molecule has 0 atom stereocenters. The summed E-state index contributed by atoms with van der Waals surface area (Å²) in [4.78, 5) is 2.15. The van der Waals surface area contributed by atoms with Crippen LogP contribution in [0.1, 0.15) is 11.1 Å². The first-order valence-electron chi connectivity index (χ1n) is 5.66. The molecule has 0 fully saturated rings. The van der Waals surface area contributed by atoms with Crippen molar-refractivity contribution >= 4 is 17.5 Å². The number of rotatable bonds is 3. The number of benzene rings is 2. The lowest BCUT2D eigenvalue weighted by Gasteiger charge is -2.19. The van der Waals surface area contributed by atoms with E-state index in [4.69, 9.17) is 6.58 Å². The SMILES string of the molecule is [CH]=Cc1ccc(N(C)c2ccc(C)cc2)cc1. The van der Waals surface area contributed by atoms with E-state index in [9.17, 15) is 0 Å². The molecule has 17 heavy (non-hydrogen) atoms. The summed E-state index contributed by atoms with van der Waals surface area (Å²) in [6.07, 6.45) is 1.61. The predicted octanol–water partition coefficient (Wildman–Crippen LogP) is 4.21. The molecular formula is C16H16N. The van der Waals surface area contributed by atoms with Gasteiger partial charge in [-0.25, -0.2) is 0 Å². The van der Waals surface area contributed by atoms with Gasteiger partial charge in [-0.1, -0.05) is 42.5 Å². The Labute approximate surface area is 103 Å². The molecule has 0 heterocycles. The van der Waals surface area contributed by atoms with Gasteiger partial charge in [0.25, 0.3) is 0 Å². The molecule has 0 aromatic heterocycles. The highest BCUT2D eigenvalue weighted by molar-refractivity contribution is 5.64. The van der Waals surface area contributed by atoms with Crippen LogP contribution in [0.4, 0.5) is 11.4 Å². The van der Waals surface area contributed by atoms with Gasteiger partial charge in [-0.15, -0.1) is 0 Å². The molecule has 0 amide bonds. The summed E-state index contributed by atoms with van der Waals surface area (Å²) >= 11 is 0. The lowest BCUT2D eigenvalue weighted by molar-refractivity contribution is 1.20. The fraction of sp³-hybridized carbons (Fsp3) is 0.125. The van der Waals surface area contributed by atoms with Crippen LogP contribution in [-0.2, 0) is 0 Å². The van der Waals surface area contributed by atoms with Crippen LogP contribution in [0.2, 0.25) is 0 Å². The second kappa shape index (κ2) is 4.88. The summed E-state index contributed by atoms with van der Waals surface area (Å²) in [5, 5.41) is 0. The van der Waals surface area contributed by atoms with Crippen molar-refractivity contribution in [3.05, 3.63) is 66.2 Å². The molecule has 2 aromatic rings. The van der Waals surface area contributed by atoms with Gasteiger partial charge in [-0.05, 0) is 36.8 Å². The predicted molar refractivity (Wildman–Crippen MR) is 74.4 cm³/mol. The van der Waals surface area contributed by atoms with Crippen molar-refractivity contribution in [1.82, 2.24) is 0 Å². The van der Waals surface area contributed by atoms with Gasteiger partial charge in [0.05, 0.1) is 0 Å². The smallest absolute Gasteiger partial charge is 0.0408 e. The highest BCUT2D eigenvalue weighted by Gasteiger charge is 2.02. The number of anilines is 2. The third kappa shape index (κ3) is 2.56. The molecule has 2 rings (SSSR count). The van der Waals surface area contributed by atoms with Gasteiger partial charge in [0.15, 0.2) is 0 Å². The van der Waals surface area contributed by atoms with Crippen molar-refractivity contribution in [2.75, 3.05) is 11.9 Å². The van der Waals surface area contributed by atoms with Gasteiger partial charge in [0, 0.05) is 18.4 Å². The largest absolute Gasteiger partial charge is 0.345 e. The number of hydrogen-bond acceptors (Lipinski definition) is 1. The second-order valence-electron chi connectivity index (χ2n) is 4.15. The average Bonchev–Trinajstić information content (AvgIpc) is 2.39. The van der Waals surface area contributed by atoms with Gasteiger partial charge in [0.1, 0.15) is 0 Å². The molecule has 0 aliphatic heterocycles. The maximum atomic E-state index is 5.47. The molecule has 0 aliphatic rings. The van der Waals surface area contributed by atoms with E-state index < -0.39 is 0 Å². The lowest BCUT2D eigenvalue weighted by atomic mass is 10.1. The van der Waals surface area contributed by atoms with E-state index in [-0.39, 0.29) is 0 Å². The number of hydrogen-bond donors (Lipinski definition) is 0. The fourth-order valence-corrected chi connectivity index (χ4v) is 1.73. The maximum absolute atomic E-state index is 5.47. The Morgan fingerprint density at radius 3 is 1.82 bits per heavy atom. The normalized spacial score (nSPS) is 10.0. The maximum Gasteiger partial charge on any atom is 0.0408 e. The minimum Gasteiger partial charge on any atom is -0.345 e. The van der Waals surface area contributed by atoms with Crippen molar-refractivity contribution < 1.29 is 0 Å². The van der Waals surface area contributed by atoms with Crippen LogP contribution in [-0.4, -0.2) is 7.05 Å². The molecular weight excluding hydrogens is 206 g/mol. The fourth-order valence-electron chi connectivity index (χ4n) is 1.73. The van der Waals surface area contributed by atoms with Crippen molar-refractivity contribution in [3.8, 4) is 0 Å². The molecule has 1 radical (unpaired) electrons. The van der Waals surface area contributed by atoms with E-state index in [0.29, 0.717) is 0 Å². The van der Waals surface area contributed by atoms with E-state index in [0.717, 1.165) is 11.3 Å². The Bertz CT molecular complexity index is 494. The van der Waals surface area contributed by atoms with Crippen LogP contribution in [0, 0.1) is 13.5 Å². The molecule has 0 saturated heterocycles. The van der Waals surface area contributed by atoms with Crippen molar-refractivity contribution in [3.63, 3.8) is 0 Å². The molecule has 0 N–H and O–H groups in total. The van der Waals surface area contributed by atoms with Crippen LogP contribution in [0.15, 0.2) is 48.5 Å². The van der Waals surface area contributed by atoms with Crippen molar-refractivity contribution in [2.24, 2.45) is 0 Å². The Morgan fingerprint density at radius 1 is 0.882 bits per heavy atom. The summed E-state index contributed by atoms with van der Waals surface area (Å²) < 4.78 is 0. The zero-order valence-electron chi connectivity index (χ0n) is 10.2. The van der Waals surface area contributed by atoms with E-state index >= 15 is 0 Å². The van der Waals surface area contributed by atoms with Crippen LogP contribution in [0.5, 0.6) is 0 Å². The minimum absolute atomic E-state index is 1.03. The van der Waals surface area contributed by atoms with Crippen LogP contribution in [0.3, 0.4) is 0 Å². The number of nitrogens with zero attached hydrogens (tertiary/aromatic N) is 1. The van der Waals surface area contributed by atoms with Gasteiger partial charge >= 0.3 is 0 Å². The van der Waals surface area contributed by atoms with Gasteiger partial charge < -0.3 is 4.90 Å². The van der Waals surface area contributed by atoms with Gasteiger partial charge in [-0.2, -0.15) is 0 Å².